The maximum absolute atomic E-state index is 11.3. The van der Waals surface area contributed by atoms with E-state index in [1.54, 1.807) is 25.2 Å². The number of anilines is 1. The molecule has 1 amide bonds. The lowest BCUT2D eigenvalue weighted by Gasteiger charge is -2.25. The van der Waals surface area contributed by atoms with Gasteiger partial charge in [-0.05, 0) is 18.2 Å². The second kappa shape index (κ2) is 3.14. The summed E-state index contributed by atoms with van der Waals surface area (Å²) in [4.78, 5) is 23.3. The lowest BCUT2D eigenvalue weighted by Crippen LogP contribution is -2.35. The van der Waals surface area contributed by atoms with Crippen LogP contribution in [0.3, 0.4) is 0 Å². The molecular weight excluding hydrogens is 182 g/mol. The van der Waals surface area contributed by atoms with Crippen molar-refractivity contribution in [1.82, 2.24) is 0 Å². The van der Waals surface area contributed by atoms with Crippen molar-refractivity contribution in [2.24, 2.45) is 0 Å². The molecule has 4 nitrogen and oxygen atoms in total. The molecule has 1 aromatic carbocycles. The molecule has 0 aromatic heterocycles. The minimum atomic E-state index is -0.111. The molecule has 1 heterocycles. The number of rotatable bonds is 1. The number of aldehydes is 1. The molecule has 0 saturated heterocycles. The number of nitrogens with zero attached hydrogens (tertiary/aromatic N) is 1. The third kappa shape index (κ3) is 1.25. The smallest absolute Gasteiger partial charge is 0.264 e. The summed E-state index contributed by atoms with van der Waals surface area (Å²) in [6.45, 7) is 0.0595. The Balaban J connectivity index is 2.51. The Morgan fingerprint density at radius 2 is 2.29 bits per heavy atom. The summed E-state index contributed by atoms with van der Waals surface area (Å²) in [5, 5.41) is 0. The molecule has 14 heavy (non-hydrogen) atoms. The van der Waals surface area contributed by atoms with Crippen molar-refractivity contribution >= 4 is 17.9 Å². The molecule has 4 heteroatoms. The third-order valence-corrected chi connectivity index (χ3v) is 2.21. The van der Waals surface area contributed by atoms with Gasteiger partial charge in [0.2, 0.25) is 0 Å². The van der Waals surface area contributed by atoms with Crippen molar-refractivity contribution < 1.29 is 14.3 Å². The Morgan fingerprint density at radius 3 is 3.00 bits per heavy atom. The van der Waals surface area contributed by atoms with Gasteiger partial charge in [0.05, 0.1) is 5.69 Å². The average molecular weight is 191 g/mol. The quantitative estimate of drug-likeness (QED) is 0.618. The number of likely N-dealkylation sites (N-methyl/N-ethyl adjacent to an activating group) is 1. The Hall–Kier alpha value is -1.84. The Labute approximate surface area is 81.1 Å². The van der Waals surface area contributed by atoms with Crippen LogP contribution in [0.2, 0.25) is 0 Å². The van der Waals surface area contributed by atoms with E-state index >= 15 is 0 Å². The van der Waals surface area contributed by atoms with Crippen LogP contribution in [0.15, 0.2) is 18.2 Å². The number of ether oxygens (including phenoxy) is 1. The van der Waals surface area contributed by atoms with E-state index in [4.69, 9.17) is 4.74 Å². The molecule has 0 spiro atoms. The summed E-state index contributed by atoms with van der Waals surface area (Å²) in [5.74, 6) is 0.526. The van der Waals surface area contributed by atoms with Gasteiger partial charge in [0.1, 0.15) is 12.0 Å². The number of hydrogen-bond donors (Lipinski definition) is 0. The van der Waals surface area contributed by atoms with E-state index < -0.39 is 0 Å². The molecule has 1 aliphatic heterocycles. The summed E-state index contributed by atoms with van der Waals surface area (Å²) >= 11 is 0. The fourth-order valence-corrected chi connectivity index (χ4v) is 1.36. The summed E-state index contributed by atoms with van der Waals surface area (Å²) < 4.78 is 5.20. The van der Waals surface area contributed by atoms with Crippen LogP contribution in [0.25, 0.3) is 0 Å². The topological polar surface area (TPSA) is 46.6 Å². The van der Waals surface area contributed by atoms with Crippen molar-refractivity contribution in [2.75, 3.05) is 18.6 Å². The first kappa shape index (κ1) is 8.74. The molecule has 0 saturated carbocycles. The first-order chi connectivity index (χ1) is 6.72. The first-order valence-corrected chi connectivity index (χ1v) is 4.21. The highest BCUT2D eigenvalue weighted by Crippen LogP contribution is 2.31. The normalized spacial score (nSPS) is 14.6. The van der Waals surface area contributed by atoms with Crippen LogP contribution >= 0.6 is 0 Å². The minimum Gasteiger partial charge on any atom is -0.482 e. The summed E-state index contributed by atoms with van der Waals surface area (Å²) in [6.07, 6.45) is 0.743. The van der Waals surface area contributed by atoms with Gasteiger partial charge in [-0.25, -0.2) is 0 Å². The number of hydrogen-bond acceptors (Lipinski definition) is 3. The molecule has 0 fully saturated rings. The second-order valence-corrected chi connectivity index (χ2v) is 3.09. The van der Waals surface area contributed by atoms with Gasteiger partial charge in [0.15, 0.2) is 6.61 Å². The van der Waals surface area contributed by atoms with Crippen molar-refractivity contribution in [3.63, 3.8) is 0 Å². The summed E-state index contributed by atoms with van der Waals surface area (Å²) in [5.41, 5.74) is 1.18. The second-order valence-electron chi connectivity index (χ2n) is 3.09. The zero-order valence-corrected chi connectivity index (χ0v) is 7.69. The molecular formula is C10H9NO3. The molecule has 0 atom stereocenters. The van der Waals surface area contributed by atoms with E-state index in [1.807, 2.05) is 0 Å². The maximum atomic E-state index is 11.3. The lowest BCUT2D eigenvalue weighted by molar-refractivity contribution is -0.120. The number of carbonyl (C=O) groups is 2. The van der Waals surface area contributed by atoms with Crippen molar-refractivity contribution in [3.8, 4) is 5.75 Å². The summed E-state index contributed by atoms with van der Waals surface area (Å²) in [7, 11) is 1.66. The Bertz CT molecular complexity index is 400. The highest BCUT2D eigenvalue weighted by Gasteiger charge is 2.21. The predicted octanol–water partition coefficient (Wildman–Crippen LogP) is 0.854. The van der Waals surface area contributed by atoms with Crippen LogP contribution < -0.4 is 9.64 Å². The van der Waals surface area contributed by atoms with E-state index in [0.717, 1.165) is 6.29 Å². The van der Waals surface area contributed by atoms with Gasteiger partial charge in [-0.2, -0.15) is 0 Å². The third-order valence-electron chi connectivity index (χ3n) is 2.21. The van der Waals surface area contributed by atoms with Gasteiger partial charge < -0.3 is 9.64 Å². The molecule has 0 bridgehead atoms. The van der Waals surface area contributed by atoms with Crippen molar-refractivity contribution in [2.45, 2.75) is 0 Å². The van der Waals surface area contributed by atoms with E-state index in [0.29, 0.717) is 17.0 Å². The fraction of sp³-hybridized carbons (Fsp3) is 0.200. The van der Waals surface area contributed by atoms with Crippen LogP contribution in [-0.4, -0.2) is 25.8 Å². The lowest BCUT2D eigenvalue weighted by atomic mass is 10.1. The zero-order chi connectivity index (χ0) is 10.1. The largest absolute Gasteiger partial charge is 0.482 e. The van der Waals surface area contributed by atoms with Crippen LogP contribution in [0.4, 0.5) is 5.69 Å². The number of carbonyl (C=O) groups excluding carboxylic acids is 2. The van der Waals surface area contributed by atoms with Crippen LogP contribution in [0.1, 0.15) is 10.4 Å². The van der Waals surface area contributed by atoms with Gasteiger partial charge in [0.25, 0.3) is 5.91 Å². The van der Waals surface area contributed by atoms with Gasteiger partial charge >= 0.3 is 0 Å². The predicted molar refractivity (Wildman–Crippen MR) is 50.7 cm³/mol. The van der Waals surface area contributed by atoms with Crippen LogP contribution in [-0.2, 0) is 4.79 Å². The highest BCUT2D eigenvalue weighted by atomic mass is 16.5. The van der Waals surface area contributed by atoms with Crippen molar-refractivity contribution in [3.05, 3.63) is 23.8 Å². The molecule has 1 aromatic rings. The van der Waals surface area contributed by atoms with Crippen molar-refractivity contribution in [1.29, 1.82) is 0 Å². The first-order valence-electron chi connectivity index (χ1n) is 4.21. The fourth-order valence-electron chi connectivity index (χ4n) is 1.36. The molecule has 72 valence electrons. The molecule has 1 aliphatic rings. The van der Waals surface area contributed by atoms with E-state index in [-0.39, 0.29) is 12.5 Å². The number of benzene rings is 1. The zero-order valence-electron chi connectivity index (χ0n) is 7.69. The Kier molecular flexibility index (Phi) is 1.96. The van der Waals surface area contributed by atoms with Crippen LogP contribution in [0, 0.1) is 0 Å². The highest BCUT2D eigenvalue weighted by molar-refractivity contribution is 5.98. The monoisotopic (exact) mass is 191 g/mol. The van der Waals surface area contributed by atoms with E-state index in [9.17, 15) is 9.59 Å². The van der Waals surface area contributed by atoms with Gasteiger partial charge in [0, 0.05) is 12.6 Å². The number of amides is 1. The van der Waals surface area contributed by atoms with Gasteiger partial charge in [-0.15, -0.1) is 0 Å². The molecule has 0 radical (unpaired) electrons. The SMILES string of the molecule is CN1C(=O)COc2ccc(C=O)cc21. The average Bonchev–Trinajstić information content (AvgIpc) is 2.23. The standard InChI is InChI=1S/C10H9NO3/c1-11-8-4-7(5-12)2-3-9(8)14-6-10(11)13/h2-5H,6H2,1H3. The molecule has 0 aliphatic carbocycles. The molecule has 0 N–H and O–H groups in total. The van der Waals surface area contributed by atoms with Gasteiger partial charge in [-0.1, -0.05) is 0 Å². The summed E-state index contributed by atoms with van der Waals surface area (Å²) in [6, 6.07) is 5.00. The minimum absolute atomic E-state index is 0.0595. The van der Waals surface area contributed by atoms with Crippen LogP contribution in [0.5, 0.6) is 5.75 Å². The van der Waals surface area contributed by atoms with E-state index in [2.05, 4.69) is 0 Å². The Morgan fingerprint density at radius 1 is 1.50 bits per heavy atom. The molecule has 2 rings (SSSR count). The maximum Gasteiger partial charge on any atom is 0.264 e. The molecule has 0 unspecified atom stereocenters. The number of fused-ring (bicyclic) bond motifs is 1. The van der Waals surface area contributed by atoms with E-state index in [1.165, 1.54) is 4.90 Å². The van der Waals surface area contributed by atoms with Gasteiger partial charge in [-0.3, -0.25) is 9.59 Å².